The Labute approximate surface area is 82.8 Å². The summed E-state index contributed by atoms with van der Waals surface area (Å²) in [5, 5.41) is 3.81. The molecule has 0 saturated carbocycles. The zero-order valence-corrected chi connectivity index (χ0v) is 8.06. The molecule has 1 rings (SSSR count). The van der Waals surface area contributed by atoms with E-state index in [1.165, 1.54) is 4.68 Å². The molecule has 6 heteroatoms. The zero-order chi connectivity index (χ0) is 10.4. The third-order valence-electron chi connectivity index (χ3n) is 1.74. The lowest BCUT2D eigenvalue weighted by molar-refractivity contribution is 0.734. The molecule has 78 valence electrons. The molecule has 0 radical (unpaired) electrons. The monoisotopic (exact) mass is 196 g/mol. The van der Waals surface area contributed by atoms with Gasteiger partial charge in [-0.2, -0.15) is 0 Å². The van der Waals surface area contributed by atoms with E-state index >= 15 is 0 Å². The van der Waals surface area contributed by atoms with Gasteiger partial charge in [-0.3, -0.25) is 0 Å². The second kappa shape index (κ2) is 5.23. The van der Waals surface area contributed by atoms with Crippen LogP contribution in [0.1, 0.15) is 18.5 Å². The topological polar surface area (TPSA) is 108 Å². The Morgan fingerprint density at radius 1 is 1.43 bits per heavy atom. The van der Waals surface area contributed by atoms with Crippen LogP contribution in [0.25, 0.3) is 0 Å². The van der Waals surface area contributed by atoms with Crippen molar-refractivity contribution in [2.75, 3.05) is 6.54 Å². The molecule has 6 nitrogen and oxygen atoms in total. The summed E-state index contributed by atoms with van der Waals surface area (Å²) in [4.78, 5) is 4.15. The van der Waals surface area contributed by atoms with E-state index in [0.717, 1.165) is 25.0 Å². The lowest BCUT2D eigenvalue weighted by Crippen LogP contribution is -2.23. The first-order valence-corrected chi connectivity index (χ1v) is 4.55. The van der Waals surface area contributed by atoms with Crippen molar-refractivity contribution in [2.24, 2.45) is 22.3 Å². The van der Waals surface area contributed by atoms with Crippen molar-refractivity contribution in [3.8, 4) is 0 Å². The molecule has 6 N–H and O–H groups in total. The molecular formula is C8H16N6. The number of guanidine groups is 1. The highest BCUT2D eigenvalue weighted by molar-refractivity contribution is 5.75. The standard InChI is InChI=1S/C8H16N6/c9-4-2-1-3-7-5-14(6-12-7)13-8(10)11/h5-6H,1-4,9H2,(H4,10,11,13). The van der Waals surface area contributed by atoms with Gasteiger partial charge in [0.25, 0.3) is 0 Å². The molecule has 14 heavy (non-hydrogen) atoms. The molecule has 0 bridgehead atoms. The Morgan fingerprint density at radius 2 is 2.21 bits per heavy atom. The summed E-state index contributed by atoms with van der Waals surface area (Å²) in [6.45, 7) is 0.717. The summed E-state index contributed by atoms with van der Waals surface area (Å²) in [6.07, 6.45) is 6.34. The van der Waals surface area contributed by atoms with Crippen molar-refractivity contribution in [1.82, 2.24) is 9.66 Å². The molecule has 0 atom stereocenters. The van der Waals surface area contributed by atoms with Crippen molar-refractivity contribution in [1.29, 1.82) is 0 Å². The van der Waals surface area contributed by atoms with Gasteiger partial charge in [0.15, 0.2) is 0 Å². The normalized spacial score (nSPS) is 10.1. The molecule has 0 aliphatic heterocycles. The third-order valence-corrected chi connectivity index (χ3v) is 1.74. The summed E-state index contributed by atoms with van der Waals surface area (Å²) >= 11 is 0. The number of aryl methyl sites for hydroxylation is 1. The highest BCUT2D eigenvalue weighted by Gasteiger charge is 1.97. The number of rotatable bonds is 5. The predicted molar refractivity (Wildman–Crippen MR) is 55.4 cm³/mol. The molecule has 1 heterocycles. The van der Waals surface area contributed by atoms with Crippen LogP contribution < -0.4 is 17.2 Å². The molecule has 0 fully saturated rings. The smallest absolute Gasteiger partial charge is 0.209 e. The van der Waals surface area contributed by atoms with Gasteiger partial charge in [-0.15, -0.1) is 5.10 Å². The van der Waals surface area contributed by atoms with Gasteiger partial charge in [-0.25, -0.2) is 9.66 Å². The van der Waals surface area contributed by atoms with Crippen LogP contribution in [0.5, 0.6) is 0 Å². The van der Waals surface area contributed by atoms with Crippen LogP contribution >= 0.6 is 0 Å². The fourth-order valence-electron chi connectivity index (χ4n) is 1.12. The maximum atomic E-state index is 5.38. The average molecular weight is 196 g/mol. The minimum atomic E-state index is 0.0240. The fourth-order valence-corrected chi connectivity index (χ4v) is 1.12. The van der Waals surface area contributed by atoms with Gasteiger partial charge in [-0.05, 0) is 25.8 Å². The summed E-state index contributed by atoms with van der Waals surface area (Å²) in [7, 11) is 0. The highest BCUT2D eigenvalue weighted by Crippen LogP contribution is 2.01. The van der Waals surface area contributed by atoms with Gasteiger partial charge in [0.2, 0.25) is 5.96 Å². The largest absolute Gasteiger partial charge is 0.369 e. The number of imidazole rings is 1. The first kappa shape index (κ1) is 10.5. The molecule has 0 spiro atoms. The van der Waals surface area contributed by atoms with Crippen molar-refractivity contribution < 1.29 is 0 Å². The second-order valence-corrected chi connectivity index (χ2v) is 3.02. The summed E-state index contributed by atoms with van der Waals surface area (Å²) in [6, 6.07) is 0. The van der Waals surface area contributed by atoms with Crippen LogP contribution in [0.15, 0.2) is 17.6 Å². The summed E-state index contributed by atoms with van der Waals surface area (Å²) in [5.74, 6) is 0.0240. The lowest BCUT2D eigenvalue weighted by atomic mass is 10.2. The summed E-state index contributed by atoms with van der Waals surface area (Å²) < 4.78 is 1.51. The zero-order valence-electron chi connectivity index (χ0n) is 8.06. The van der Waals surface area contributed by atoms with E-state index in [2.05, 4.69) is 10.1 Å². The van der Waals surface area contributed by atoms with E-state index in [1.807, 2.05) is 0 Å². The molecule has 1 aromatic rings. The quantitative estimate of drug-likeness (QED) is 0.325. The molecular weight excluding hydrogens is 180 g/mol. The van der Waals surface area contributed by atoms with Gasteiger partial charge in [0.1, 0.15) is 6.33 Å². The highest BCUT2D eigenvalue weighted by atomic mass is 15.4. The van der Waals surface area contributed by atoms with Gasteiger partial charge in [0, 0.05) is 0 Å². The van der Waals surface area contributed by atoms with E-state index in [-0.39, 0.29) is 5.96 Å². The molecule has 0 aliphatic rings. The van der Waals surface area contributed by atoms with Crippen LogP contribution in [0.3, 0.4) is 0 Å². The van der Waals surface area contributed by atoms with Gasteiger partial charge < -0.3 is 17.2 Å². The number of unbranched alkanes of at least 4 members (excludes halogenated alkanes) is 1. The molecule has 0 aromatic carbocycles. The van der Waals surface area contributed by atoms with Crippen molar-refractivity contribution in [3.05, 3.63) is 18.2 Å². The maximum Gasteiger partial charge on any atom is 0.209 e. The minimum absolute atomic E-state index is 0.0240. The van der Waals surface area contributed by atoms with Crippen molar-refractivity contribution in [2.45, 2.75) is 19.3 Å². The third kappa shape index (κ3) is 3.44. The van der Waals surface area contributed by atoms with Crippen molar-refractivity contribution in [3.63, 3.8) is 0 Å². The van der Waals surface area contributed by atoms with Gasteiger partial charge in [0.05, 0.1) is 11.9 Å². The molecule has 0 unspecified atom stereocenters. The van der Waals surface area contributed by atoms with Crippen LogP contribution in [0.4, 0.5) is 0 Å². The Hall–Kier alpha value is -1.56. The number of aromatic nitrogens is 2. The number of hydrogen-bond donors (Lipinski definition) is 3. The number of nitrogens with zero attached hydrogens (tertiary/aromatic N) is 3. The molecule has 1 aromatic heterocycles. The number of nitrogens with two attached hydrogens (primary N) is 3. The van der Waals surface area contributed by atoms with E-state index in [4.69, 9.17) is 17.2 Å². The van der Waals surface area contributed by atoms with Crippen LogP contribution in [-0.2, 0) is 6.42 Å². The fraction of sp³-hybridized carbons (Fsp3) is 0.500. The van der Waals surface area contributed by atoms with Gasteiger partial charge in [-0.1, -0.05) is 0 Å². The molecule has 0 saturated heterocycles. The Kier molecular flexibility index (Phi) is 3.93. The van der Waals surface area contributed by atoms with E-state index in [0.29, 0.717) is 6.54 Å². The van der Waals surface area contributed by atoms with Crippen LogP contribution in [-0.4, -0.2) is 22.2 Å². The Bertz CT molecular complexity index is 299. The van der Waals surface area contributed by atoms with E-state index < -0.39 is 0 Å². The van der Waals surface area contributed by atoms with Crippen LogP contribution in [0.2, 0.25) is 0 Å². The number of hydrogen-bond acceptors (Lipinski definition) is 3. The first-order valence-electron chi connectivity index (χ1n) is 4.55. The van der Waals surface area contributed by atoms with E-state index in [9.17, 15) is 0 Å². The van der Waals surface area contributed by atoms with Gasteiger partial charge >= 0.3 is 0 Å². The molecule has 0 aliphatic carbocycles. The maximum absolute atomic E-state index is 5.38. The minimum Gasteiger partial charge on any atom is -0.369 e. The Morgan fingerprint density at radius 3 is 2.86 bits per heavy atom. The predicted octanol–water partition coefficient (Wildman–Crippen LogP) is -0.799. The SMILES string of the molecule is NCCCCc1cn(N=C(N)N)cn1. The second-order valence-electron chi connectivity index (χ2n) is 3.02. The average Bonchev–Trinajstić information content (AvgIpc) is 2.52. The Balaban J connectivity index is 2.47. The molecule has 0 amide bonds. The van der Waals surface area contributed by atoms with E-state index in [1.54, 1.807) is 12.5 Å². The van der Waals surface area contributed by atoms with Crippen molar-refractivity contribution >= 4 is 5.96 Å². The first-order chi connectivity index (χ1) is 6.72. The van der Waals surface area contributed by atoms with Crippen LogP contribution in [0, 0.1) is 0 Å². The summed E-state index contributed by atoms with van der Waals surface area (Å²) in [5.41, 5.74) is 16.8. The lowest BCUT2D eigenvalue weighted by Gasteiger charge is -1.94.